The summed E-state index contributed by atoms with van der Waals surface area (Å²) < 4.78 is 8.90. The predicted octanol–water partition coefficient (Wildman–Crippen LogP) is 15.1. The number of nitrogens with zero attached hydrogens (tertiary/aromatic N) is 1. The van der Waals surface area contributed by atoms with Crippen LogP contribution in [0.4, 0.5) is 0 Å². The Hall–Kier alpha value is -7.42. The summed E-state index contributed by atoms with van der Waals surface area (Å²) in [5.41, 5.74) is 12.5. The van der Waals surface area contributed by atoms with Crippen molar-refractivity contribution in [2.45, 2.75) is 0 Å². The first-order chi connectivity index (χ1) is 27.8. The molecule has 0 saturated heterocycles. The normalized spacial score (nSPS) is 11.9. The molecule has 2 heterocycles. The highest BCUT2D eigenvalue weighted by Crippen LogP contribution is 2.43. The number of fused-ring (bicyclic) bond motifs is 12. The Morgan fingerprint density at radius 1 is 0.286 bits per heavy atom. The van der Waals surface area contributed by atoms with Crippen molar-refractivity contribution in [3.63, 3.8) is 0 Å². The lowest BCUT2D eigenvalue weighted by molar-refractivity contribution is 0.670. The Bertz CT molecular complexity index is 3520. The van der Waals surface area contributed by atoms with Gasteiger partial charge in [0.05, 0.1) is 11.0 Å². The number of para-hydroxylation sites is 4. The molecule has 2 nitrogen and oxygen atoms in total. The highest BCUT2D eigenvalue weighted by atomic mass is 16.3. The van der Waals surface area contributed by atoms with Crippen molar-refractivity contribution in [1.82, 2.24) is 4.57 Å². The molecule has 12 aromatic rings. The fourth-order valence-corrected chi connectivity index (χ4v) is 9.15. The van der Waals surface area contributed by atoms with Gasteiger partial charge in [0.2, 0.25) is 0 Å². The first kappa shape index (κ1) is 31.0. The largest absolute Gasteiger partial charge is 0.455 e. The lowest BCUT2D eigenvalue weighted by Crippen LogP contribution is -1.92. The number of hydrogen-bond acceptors (Lipinski definition) is 1. The van der Waals surface area contributed by atoms with Crippen molar-refractivity contribution < 1.29 is 4.42 Å². The van der Waals surface area contributed by atoms with Gasteiger partial charge in [0, 0.05) is 32.8 Å². The summed E-state index contributed by atoms with van der Waals surface area (Å²) >= 11 is 0. The number of furan rings is 1. The van der Waals surface area contributed by atoms with Crippen molar-refractivity contribution in [2.24, 2.45) is 0 Å². The fraction of sp³-hybridized carbons (Fsp3) is 0. The van der Waals surface area contributed by atoms with E-state index in [0.29, 0.717) is 0 Å². The van der Waals surface area contributed by atoms with Crippen molar-refractivity contribution in [2.75, 3.05) is 0 Å². The minimum atomic E-state index is 0.913. The van der Waals surface area contributed by atoms with Crippen molar-refractivity contribution in [3.8, 4) is 39.1 Å². The first-order valence-corrected chi connectivity index (χ1v) is 19.3. The maximum absolute atomic E-state index is 6.52. The summed E-state index contributed by atoms with van der Waals surface area (Å²) in [6.45, 7) is 0. The van der Waals surface area contributed by atoms with E-state index in [1.165, 1.54) is 82.1 Å². The van der Waals surface area contributed by atoms with Crippen LogP contribution in [0.25, 0.3) is 115 Å². The van der Waals surface area contributed by atoms with Crippen LogP contribution < -0.4 is 0 Å². The van der Waals surface area contributed by atoms with Gasteiger partial charge in [-0.15, -0.1) is 0 Å². The van der Waals surface area contributed by atoms with Crippen LogP contribution in [-0.4, -0.2) is 4.57 Å². The van der Waals surface area contributed by atoms with Crippen LogP contribution in [0.3, 0.4) is 0 Å². The molecular weight excluding hydrogens is 679 g/mol. The Morgan fingerprint density at radius 3 is 1.54 bits per heavy atom. The van der Waals surface area contributed by atoms with Gasteiger partial charge >= 0.3 is 0 Å². The van der Waals surface area contributed by atoms with Gasteiger partial charge < -0.3 is 8.98 Å². The average molecular weight is 712 g/mol. The maximum Gasteiger partial charge on any atom is 0.143 e. The van der Waals surface area contributed by atoms with Gasteiger partial charge in [0.25, 0.3) is 0 Å². The van der Waals surface area contributed by atoms with Gasteiger partial charge in [-0.05, 0) is 115 Å². The molecule has 0 aliphatic heterocycles. The Kier molecular flexibility index (Phi) is 6.66. The predicted molar refractivity (Wildman–Crippen MR) is 237 cm³/mol. The zero-order chi connectivity index (χ0) is 36.7. The molecule has 0 N–H and O–H groups in total. The number of rotatable bonds is 4. The van der Waals surface area contributed by atoms with Crippen LogP contribution in [0.5, 0.6) is 0 Å². The molecule has 0 bridgehead atoms. The lowest BCUT2D eigenvalue weighted by Gasteiger charge is -2.15. The second-order valence-electron chi connectivity index (χ2n) is 14.8. The molecule has 2 heteroatoms. The molecule has 0 aliphatic carbocycles. The van der Waals surface area contributed by atoms with Crippen LogP contribution in [-0.2, 0) is 0 Å². The quantitative estimate of drug-likeness (QED) is 0.166. The molecule has 0 radical (unpaired) electrons. The number of aromatic nitrogens is 1. The average Bonchev–Trinajstić information content (AvgIpc) is 3.82. The van der Waals surface area contributed by atoms with Crippen molar-refractivity contribution in [3.05, 3.63) is 200 Å². The minimum Gasteiger partial charge on any atom is -0.455 e. The second kappa shape index (κ2) is 12.0. The van der Waals surface area contributed by atoms with Crippen LogP contribution >= 0.6 is 0 Å². The van der Waals surface area contributed by atoms with Crippen LogP contribution in [0.1, 0.15) is 0 Å². The monoisotopic (exact) mass is 711 g/mol. The van der Waals surface area contributed by atoms with Crippen molar-refractivity contribution in [1.29, 1.82) is 0 Å². The first-order valence-electron chi connectivity index (χ1n) is 19.3. The summed E-state index contributed by atoms with van der Waals surface area (Å²) in [6.07, 6.45) is 0. The number of benzene rings is 10. The Labute approximate surface area is 323 Å². The molecule has 260 valence electrons. The summed E-state index contributed by atoms with van der Waals surface area (Å²) in [4.78, 5) is 0. The van der Waals surface area contributed by atoms with E-state index in [1.54, 1.807) is 0 Å². The number of hydrogen-bond donors (Lipinski definition) is 0. The smallest absolute Gasteiger partial charge is 0.143 e. The Balaban J connectivity index is 1.10. The molecule has 0 saturated carbocycles. The molecule has 56 heavy (non-hydrogen) atoms. The van der Waals surface area contributed by atoms with E-state index in [4.69, 9.17) is 4.42 Å². The van der Waals surface area contributed by atoms with E-state index in [9.17, 15) is 0 Å². The van der Waals surface area contributed by atoms with Crippen molar-refractivity contribution >= 4 is 76.1 Å². The molecule has 10 aromatic carbocycles. The molecule has 2 aromatic heterocycles. The molecule has 0 amide bonds. The van der Waals surface area contributed by atoms with E-state index in [-0.39, 0.29) is 0 Å². The summed E-state index contributed by atoms with van der Waals surface area (Å²) in [5, 5.41) is 12.3. The standard InChI is InChI=1S/C54H33NO/c1-3-12-34(13-4-1)35-22-26-42-47(30-35)41-27-23-36(37-25-29-52-50(32-37)44-16-7-9-20-51(44)55(52)39-14-5-2-6-15-39)31-48(41)43-28-24-38(33-49(42)43)40-18-11-19-46-45-17-8-10-21-53(45)56-54(40)46/h1-33H. The van der Waals surface area contributed by atoms with E-state index >= 15 is 0 Å². The van der Waals surface area contributed by atoms with Gasteiger partial charge in [0.15, 0.2) is 0 Å². The maximum atomic E-state index is 6.52. The summed E-state index contributed by atoms with van der Waals surface area (Å²) in [7, 11) is 0. The van der Waals surface area contributed by atoms with Gasteiger partial charge in [0.1, 0.15) is 11.2 Å². The topological polar surface area (TPSA) is 18.1 Å². The second-order valence-corrected chi connectivity index (χ2v) is 14.8. The summed E-state index contributed by atoms with van der Waals surface area (Å²) in [5.74, 6) is 0. The molecule has 0 unspecified atom stereocenters. The van der Waals surface area contributed by atoms with Crippen LogP contribution in [0.2, 0.25) is 0 Å². The lowest BCUT2D eigenvalue weighted by atomic mass is 9.89. The van der Waals surface area contributed by atoms with E-state index in [2.05, 4.69) is 199 Å². The van der Waals surface area contributed by atoms with Gasteiger partial charge in [-0.1, -0.05) is 146 Å². The van der Waals surface area contributed by atoms with Gasteiger partial charge in [-0.3, -0.25) is 0 Å². The zero-order valence-corrected chi connectivity index (χ0v) is 30.4. The Morgan fingerprint density at radius 2 is 0.804 bits per heavy atom. The molecule has 0 spiro atoms. The molecular formula is C54H33NO. The molecule has 0 aliphatic rings. The zero-order valence-electron chi connectivity index (χ0n) is 30.4. The highest BCUT2D eigenvalue weighted by molar-refractivity contribution is 6.27. The van der Waals surface area contributed by atoms with Crippen LogP contribution in [0, 0.1) is 0 Å². The van der Waals surface area contributed by atoms with E-state index in [0.717, 1.165) is 33.1 Å². The molecule has 12 rings (SSSR count). The summed E-state index contributed by atoms with van der Waals surface area (Å²) in [6, 6.07) is 72.8. The fourth-order valence-electron chi connectivity index (χ4n) is 9.15. The minimum absolute atomic E-state index is 0.913. The molecule has 0 fully saturated rings. The van der Waals surface area contributed by atoms with Crippen LogP contribution in [0.15, 0.2) is 205 Å². The third-order valence-corrected chi connectivity index (χ3v) is 11.8. The highest BCUT2D eigenvalue weighted by Gasteiger charge is 2.17. The van der Waals surface area contributed by atoms with E-state index < -0.39 is 0 Å². The SMILES string of the molecule is c1ccc(-c2ccc3c(c2)c2ccc(-c4ccc5c(c4)c4ccccc4n5-c4ccccc4)cc2c2ccc(-c4cccc5c4oc4ccccc45)cc32)cc1. The van der Waals surface area contributed by atoms with Gasteiger partial charge in [-0.2, -0.15) is 0 Å². The van der Waals surface area contributed by atoms with E-state index in [1.807, 2.05) is 6.07 Å². The third kappa shape index (κ3) is 4.63. The molecule has 0 atom stereocenters. The van der Waals surface area contributed by atoms with Gasteiger partial charge in [-0.25, -0.2) is 0 Å². The third-order valence-electron chi connectivity index (χ3n) is 11.8.